The van der Waals surface area contributed by atoms with Gasteiger partial charge in [0.1, 0.15) is 17.5 Å². The van der Waals surface area contributed by atoms with E-state index in [1.165, 1.54) is 12.3 Å². The molecule has 5 nitrogen and oxygen atoms in total. The Morgan fingerprint density at radius 1 is 0.905 bits per heavy atom. The summed E-state index contributed by atoms with van der Waals surface area (Å²) in [5, 5.41) is 0. The van der Waals surface area contributed by atoms with Gasteiger partial charge in [-0.05, 0) is 23.8 Å². The Morgan fingerprint density at radius 2 is 1.48 bits per heavy atom. The fraction of sp³-hybridized carbons (Fsp3) is 0.333. The first-order chi connectivity index (χ1) is 10.3. The fourth-order valence-corrected chi connectivity index (χ4v) is 2.44. The largest absolute Gasteiger partial charge is 0.353 e. The van der Waals surface area contributed by atoms with Crippen molar-refractivity contribution in [2.75, 3.05) is 36.0 Å². The van der Waals surface area contributed by atoms with E-state index in [4.69, 9.17) is 5.73 Å². The Kier molecular flexibility index (Phi) is 3.96. The van der Waals surface area contributed by atoms with Crippen molar-refractivity contribution in [3.63, 3.8) is 0 Å². The molecular formula is C15H18FN5. The van der Waals surface area contributed by atoms with Gasteiger partial charge >= 0.3 is 0 Å². The highest BCUT2D eigenvalue weighted by atomic mass is 19.1. The zero-order valence-corrected chi connectivity index (χ0v) is 11.7. The van der Waals surface area contributed by atoms with Gasteiger partial charge in [0.2, 0.25) is 0 Å². The third-order valence-electron chi connectivity index (χ3n) is 3.68. The van der Waals surface area contributed by atoms with E-state index < -0.39 is 0 Å². The highest BCUT2D eigenvalue weighted by Crippen LogP contribution is 2.17. The lowest BCUT2D eigenvalue weighted by atomic mass is 10.2. The molecule has 0 spiro atoms. The predicted molar refractivity (Wildman–Crippen MR) is 80.7 cm³/mol. The molecule has 1 saturated heterocycles. The number of aromatic nitrogens is 2. The number of nitrogens with zero attached hydrogens (tertiary/aromatic N) is 4. The van der Waals surface area contributed by atoms with Gasteiger partial charge in [0.25, 0.3) is 0 Å². The van der Waals surface area contributed by atoms with Crippen LogP contribution in [-0.4, -0.2) is 36.1 Å². The highest BCUT2D eigenvalue weighted by molar-refractivity contribution is 5.45. The summed E-state index contributed by atoms with van der Waals surface area (Å²) in [6.45, 7) is 3.94. The van der Waals surface area contributed by atoms with Gasteiger partial charge in [0.15, 0.2) is 0 Å². The molecule has 0 atom stereocenters. The van der Waals surface area contributed by atoms with Crippen molar-refractivity contribution in [1.29, 1.82) is 0 Å². The Bertz CT molecular complexity index is 576. The summed E-state index contributed by atoms with van der Waals surface area (Å²) in [7, 11) is 0. The first kappa shape index (κ1) is 13.8. The molecule has 0 radical (unpaired) electrons. The molecule has 6 heteroatoms. The van der Waals surface area contributed by atoms with Crippen molar-refractivity contribution >= 4 is 11.6 Å². The Morgan fingerprint density at radius 3 is 1.90 bits per heavy atom. The normalized spacial score (nSPS) is 15.3. The van der Waals surface area contributed by atoms with Crippen LogP contribution >= 0.6 is 0 Å². The van der Waals surface area contributed by atoms with Gasteiger partial charge in [0.05, 0.1) is 6.20 Å². The second kappa shape index (κ2) is 6.05. The quantitative estimate of drug-likeness (QED) is 0.925. The summed E-state index contributed by atoms with van der Waals surface area (Å²) in [6, 6.07) is 7.19. The number of hydrogen-bond donors (Lipinski definition) is 1. The van der Waals surface area contributed by atoms with E-state index in [1.54, 1.807) is 6.07 Å². The van der Waals surface area contributed by atoms with Crippen LogP contribution in [-0.2, 0) is 6.54 Å². The molecule has 0 aliphatic carbocycles. The van der Waals surface area contributed by atoms with Crippen molar-refractivity contribution < 1.29 is 4.39 Å². The molecule has 0 aromatic carbocycles. The van der Waals surface area contributed by atoms with Crippen LogP contribution in [0.15, 0.2) is 36.7 Å². The summed E-state index contributed by atoms with van der Waals surface area (Å²) in [5.74, 6) is 1.49. The number of nitrogens with two attached hydrogens (primary N) is 1. The van der Waals surface area contributed by atoms with E-state index in [0.717, 1.165) is 43.4 Å². The monoisotopic (exact) mass is 287 g/mol. The van der Waals surface area contributed by atoms with Crippen LogP contribution in [0.5, 0.6) is 0 Å². The molecule has 1 aliphatic heterocycles. The summed E-state index contributed by atoms with van der Waals surface area (Å²) < 4.78 is 12.9. The van der Waals surface area contributed by atoms with E-state index in [9.17, 15) is 4.39 Å². The Hall–Kier alpha value is -2.21. The molecule has 0 bridgehead atoms. The zero-order chi connectivity index (χ0) is 14.7. The number of anilines is 2. The first-order valence-electron chi connectivity index (χ1n) is 7.03. The van der Waals surface area contributed by atoms with Gasteiger partial charge in [-0.15, -0.1) is 0 Å². The molecule has 3 heterocycles. The Labute approximate surface area is 123 Å². The fourth-order valence-electron chi connectivity index (χ4n) is 2.44. The molecule has 1 aliphatic rings. The van der Waals surface area contributed by atoms with E-state index in [1.807, 2.05) is 18.3 Å². The van der Waals surface area contributed by atoms with Crippen LogP contribution in [0.2, 0.25) is 0 Å². The summed E-state index contributed by atoms with van der Waals surface area (Å²) in [4.78, 5) is 13.0. The molecule has 0 saturated carbocycles. The lowest BCUT2D eigenvalue weighted by molar-refractivity contribution is 0.614. The molecule has 110 valence electrons. The number of rotatable bonds is 3. The van der Waals surface area contributed by atoms with E-state index in [2.05, 4.69) is 19.8 Å². The van der Waals surface area contributed by atoms with Crippen molar-refractivity contribution in [3.8, 4) is 0 Å². The van der Waals surface area contributed by atoms with Gasteiger partial charge in [-0.1, -0.05) is 6.07 Å². The SMILES string of the molecule is NCc1ccc(N2CCN(c3ccc(F)cn3)CC2)nc1. The van der Waals surface area contributed by atoms with Crippen molar-refractivity contribution in [3.05, 3.63) is 48.0 Å². The molecule has 0 unspecified atom stereocenters. The third kappa shape index (κ3) is 3.11. The summed E-state index contributed by atoms with van der Waals surface area (Å²) in [6.07, 6.45) is 3.08. The number of hydrogen-bond acceptors (Lipinski definition) is 5. The minimum atomic E-state index is -0.304. The topological polar surface area (TPSA) is 58.3 Å². The number of halogens is 1. The lowest BCUT2D eigenvalue weighted by Crippen LogP contribution is -2.47. The van der Waals surface area contributed by atoms with Crippen molar-refractivity contribution in [2.45, 2.75) is 6.54 Å². The van der Waals surface area contributed by atoms with E-state index in [-0.39, 0.29) is 5.82 Å². The molecular weight excluding hydrogens is 269 g/mol. The maximum atomic E-state index is 12.9. The van der Waals surface area contributed by atoms with Crippen LogP contribution in [0.4, 0.5) is 16.0 Å². The molecule has 3 rings (SSSR count). The second-order valence-corrected chi connectivity index (χ2v) is 5.04. The number of piperazine rings is 1. The highest BCUT2D eigenvalue weighted by Gasteiger charge is 2.18. The van der Waals surface area contributed by atoms with E-state index >= 15 is 0 Å². The van der Waals surface area contributed by atoms with Gasteiger partial charge in [-0.3, -0.25) is 0 Å². The molecule has 0 amide bonds. The van der Waals surface area contributed by atoms with Crippen LogP contribution in [0.25, 0.3) is 0 Å². The number of pyridine rings is 2. The molecule has 1 fully saturated rings. The van der Waals surface area contributed by atoms with Crippen LogP contribution < -0.4 is 15.5 Å². The first-order valence-corrected chi connectivity index (χ1v) is 7.03. The van der Waals surface area contributed by atoms with Crippen LogP contribution in [0.3, 0.4) is 0 Å². The van der Waals surface area contributed by atoms with Gasteiger partial charge in [0, 0.05) is 38.9 Å². The maximum absolute atomic E-state index is 12.9. The molecule has 2 aromatic heterocycles. The molecule has 2 aromatic rings. The smallest absolute Gasteiger partial charge is 0.141 e. The van der Waals surface area contributed by atoms with Crippen molar-refractivity contribution in [2.24, 2.45) is 5.73 Å². The maximum Gasteiger partial charge on any atom is 0.141 e. The average Bonchev–Trinajstić information content (AvgIpc) is 2.56. The van der Waals surface area contributed by atoms with Crippen molar-refractivity contribution in [1.82, 2.24) is 9.97 Å². The predicted octanol–water partition coefficient (Wildman–Crippen LogP) is 1.40. The van der Waals surface area contributed by atoms with E-state index in [0.29, 0.717) is 6.54 Å². The molecule has 2 N–H and O–H groups in total. The third-order valence-corrected chi connectivity index (χ3v) is 3.68. The average molecular weight is 287 g/mol. The minimum Gasteiger partial charge on any atom is -0.353 e. The van der Waals surface area contributed by atoms with Crippen LogP contribution in [0, 0.1) is 5.82 Å². The van der Waals surface area contributed by atoms with Gasteiger partial charge < -0.3 is 15.5 Å². The standard InChI is InChI=1S/C15H18FN5/c16-13-2-4-15(19-11-13)21-7-5-20(6-8-21)14-3-1-12(9-17)10-18-14/h1-4,10-11H,5-9,17H2. The summed E-state index contributed by atoms with van der Waals surface area (Å²) in [5.41, 5.74) is 6.61. The minimum absolute atomic E-state index is 0.304. The van der Waals surface area contributed by atoms with Crippen LogP contribution in [0.1, 0.15) is 5.56 Å². The molecule has 21 heavy (non-hydrogen) atoms. The second-order valence-electron chi connectivity index (χ2n) is 5.04. The Balaban J connectivity index is 1.62. The van der Waals surface area contributed by atoms with Gasteiger partial charge in [-0.25, -0.2) is 14.4 Å². The zero-order valence-electron chi connectivity index (χ0n) is 11.7. The lowest BCUT2D eigenvalue weighted by Gasteiger charge is -2.36. The van der Waals surface area contributed by atoms with Gasteiger partial charge in [-0.2, -0.15) is 0 Å². The summed E-state index contributed by atoms with van der Waals surface area (Å²) >= 11 is 0.